The Morgan fingerprint density at radius 3 is 2.68 bits per heavy atom. The first-order chi connectivity index (χ1) is 10.6. The Balaban J connectivity index is 1.65. The van der Waals surface area contributed by atoms with E-state index in [2.05, 4.69) is 17.4 Å². The SMILES string of the molecule is O=C(COc1ccc(F)cc1Cl)NCCCc1ccccc1. The van der Waals surface area contributed by atoms with Crippen molar-refractivity contribution in [1.82, 2.24) is 5.32 Å². The van der Waals surface area contributed by atoms with Crippen molar-refractivity contribution in [3.8, 4) is 5.75 Å². The van der Waals surface area contributed by atoms with E-state index in [4.69, 9.17) is 16.3 Å². The lowest BCUT2D eigenvalue weighted by Crippen LogP contribution is -2.29. The fourth-order valence-electron chi connectivity index (χ4n) is 1.95. The number of benzene rings is 2. The largest absolute Gasteiger partial charge is 0.482 e. The quantitative estimate of drug-likeness (QED) is 0.791. The number of hydrogen-bond donors (Lipinski definition) is 1. The van der Waals surface area contributed by atoms with Crippen molar-refractivity contribution in [2.24, 2.45) is 0 Å². The van der Waals surface area contributed by atoms with Gasteiger partial charge in [-0.25, -0.2) is 4.39 Å². The zero-order chi connectivity index (χ0) is 15.8. The molecule has 0 unspecified atom stereocenters. The first kappa shape index (κ1) is 16.3. The topological polar surface area (TPSA) is 38.3 Å². The third-order valence-corrected chi connectivity index (χ3v) is 3.36. The van der Waals surface area contributed by atoms with Gasteiger partial charge in [0.1, 0.15) is 11.6 Å². The van der Waals surface area contributed by atoms with Gasteiger partial charge in [0.15, 0.2) is 6.61 Å². The average molecular weight is 322 g/mol. The van der Waals surface area contributed by atoms with E-state index in [1.807, 2.05) is 18.2 Å². The molecule has 1 N–H and O–H groups in total. The molecule has 2 aromatic carbocycles. The molecular weight excluding hydrogens is 305 g/mol. The number of rotatable bonds is 7. The van der Waals surface area contributed by atoms with Gasteiger partial charge in [0.25, 0.3) is 5.91 Å². The smallest absolute Gasteiger partial charge is 0.257 e. The van der Waals surface area contributed by atoms with Crippen LogP contribution in [0.5, 0.6) is 5.75 Å². The number of ether oxygens (including phenoxy) is 1. The predicted molar refractivity (Wildman–Crippen MR) is 84.7 cm³/mol. The number of amides is 1. The van der Waals surface area contributed by atoms with Crippen LogP contribution in [0.4, 0.5) is 4.39 Å². The molecule has 0 heterocycles. The Kier molecular flexibility index (Phi) is 6.22. The molecule has 0 saturated carbocycles. The summed E-state index contributed by atoms with van der Waals surface area (Å²) in [4.78, 5) is 11.7. The minimum absolute atomic E-state index is 0.142. The molecule has 0 aliphatic rings. The van der Waals surface area contributed by atoms with Crippen molar-refractivity contribution in [2.75, 3.05) is 13.2 Å². The van der Waals surface area contributed by atoms with Gasteiger partial charge in [-0.3, -0.25) is 4.79 Å². The van der Waals surface area contributed by atoms with E-state index >= 15 is 0 Å². The molecule has 0 atom stereocenters. The summed E-state index contributed by atoms with van der Waals surface area (Å²) >= 11 is 5.81. The number of carbonyl (C=O) groups excluding carboxylic acids is 1. The molecule has 0 bridgehead atoms. The number of nitrogens with one attached hydrogen (secondary N) is 1. The standard InChI is InChI=1S/C17H17ClFNO2/c18-15-11-14(19)8-9-16(15)22-12-17(21)20-10-4-7-13-5-2-1-3-6-13/h1-3,5-6,8-9,11H,4,7,10,12H2,(H,20,21). The van der Waals surface area contributed by atoms with E-state index in [1.54, 1.807) is 0 Å². The second-order valence-corrected chi connectivity index (χ2v) is 5.21. The third kappa shape index (κ3) is 5.37. The van der Waals surface area contributed by atoms with E-state index < -0.39 is 5.82 Å². The van der Waals surface area contributed by atoms with Crippen molar-refractivity contribution in [2.45, 2.75) is 12.8 Å². The van der Waals surface area contributed by atoms with Crippen LogP contribution in [0.25, 0.3) is 0 Å². The van der Waals surface area contributed by atoms with Crippen LogP contribution in [-0.2, 0) is 11.2 Å². The highest BCUT2D eigenvalue weighted by molar-refractivity contribution is 6.32. The van der Waals surface area contributed by atoms with Crippen LogP contribution in [0.1, 0.15) is 12.0 Å². The molecule has 0 spiro atoms. The van der Waals surface area contributed by atoms with E-state index in [1.165, 1.54) is 17.7 Å². The van der Waals surface area contributed by atoms with Gasteiger partial charge < -0.3 is 10.1 Å². The molecule has 2 rings (SSSR count). The summed E-state index contributed by atoms with van der Waals surface area (Å²) in [6.45, 7) is 0.435. The van der Waals surface area contributed by atoms with Crippen LogP contribution >= 0.6 is 11.6 Å². The van der Waals surface area contributed by atoms with Crippen molar-refractivity contribution in [3.63, 3.8) is 0 Å². The molecule has 1 amide bonds. The van der Waals surface area contributed by atoms with Crippen LogP contribution in [-0.4, -0.2) is 19.1 Å². The maximum atomic E-state index is 12.9. The monoisotopic (exact) mass is 321 g/mol. The summed E-state index contributed by atoms with van der Waals surface area (Å²) in [5.74, 6) is -0.376. The van der Waals surface area contributed by atoms with Crippen LogP contribution in [0, 0.1) is 5.82 Å². The summed E-state index contributed by atoms with van der Waals surface area (Å²) < 4.78 is 18.1. The number of halogens is 2. The summed E-state index contributed by atoms with van der Waals surface area (Å²) in [5.41, 5.74) is 1.24. The van der Waals surface area contributed by atoms with Crippen molar-refractivity contribution in [1.29, 1.82) is 0 Å². The lowest BCUT2D eigenvalue weighted by Gasteiger charge is -2.09. The second kappa shape index (κ2) is 8.39. The average Bonchev–Trinajstić information content (AvgIpc) is 2.52. The van der Waals surface area contributed by atoms with Gasteiger partial charge in [-0.15, -0.1) is 0 Å². The Hall–Kier alpha value is -2.07. The summed E-state index contributed by atoms with van der Waals surface area (Å²) in [6, 6.07) is 13.9. The molecule has 5 heteroatoms. The Morgan fingerprint density at radius 1 is 1.18 bits per heavy atom. The maximum absolute atomic E-state index is 12.9. The Bertz CT molecular complexity index is 619. The first-order valence-corrected chi connectivity index (χ1v) is 7.41. The van der Waals surface area contributed by atoms with E-state index in [0.29, 0.717) is 12.3 Å². The van der Waals surface area contributed by atoms with Gasteiger partial charge in [0.2, 0.25) is 0 Å². The summed E-state index contributed by atoms with van der Waals surface area (Å²) in [5, 5.41) is 2.92. The zero-order valence-electron chi connectivity index (χ0n) is 12.0. The molecule has 0 aliphatic carbocycles. The van der Waals surface area contributed by atoms with Gasteiger partial charge in [0.05, 0.1) is 5.02 Å². The molecule has 0 saturated heterocycles. The number of aryl methyl sites for hydroxylation is 1. The highest BCUT2D eigenvalue weighted by Gasteiger charge is 2.06. The lowest BCUT2D eigenvalue weighted by molar-refractivity contribution is -0.123. The molecular formula is C17H17ClFNO2. The van der Waals surface area contributed by atoms with E-state index in [-0.39, 0.29) is 17.5 Å². The van der Waals surface area contributed by atoms with Gasteiger partial charge in [-0.2, -0.15) is 0 Å². The normalized spacial score (nSPS) is 10.3. The number of hydrogen-bond acceptors (Lipinski definition) is 2. The molecule has 3 nitrogen and oxygen atoms in total. The van der Waals surface area contributed by atoms with Gasteiger partial charge >= 0.3 is 0 Å². The minimum Gasteiger partial charge on any atom is -0.482 e. The Morgan fingerprint density at radius 2 is 1.95 bits per heavy atom. The maximum Gasteiger partial charge on any atom is 0.257 e. The molecule has 0 aromatic heterocycles. The van der Waals surface area contributed by atoms with Crippen molar-refractivity contribution >= 4 is 17.5 Å². The zero-order valence-corrected chi connectivity index (χ0v) is 12.8. The summed E-state index contributed by atoms with van der Waals surface area (Å²) in [6.07, 6.45) is 1.76. The van der Waals surface area contributed by atoms with Gasteiger partial charge in [0, 0.05) is 6.54 Å². The van der Waals surface area contributed by atoms with Crippen LogP contribution in [0.3, 0.4) is 0 Å². The highest BCUT2D eigenvalue weighted by Crippen LogP contribution is 2.24. The highest BCUT2D eigenvalue weighted by atomic mass is 35.5. The van der Waals surface area contributed by atoms with Crippen LogP contribution < -0.4 is 10.1 Å². The molecule has 2 aromatic rings. The van der Waals surface area contributed by atoms with Gasteiger partial charge in [-0.05, 0) is 36.6 Å². The minimum atomic E-state index is -0.442. The number of carbonyl (C=O) groups is 1. The molecule has 0 fully saturated rings. The van der Waals surface area contributed by atoms with Crippen LogP contribution in [0.2, 0.25) is 5.02 Å². The molecule has 22 heavy (non-hydrogen) atoms. The fourth-order valence-corrected chi connectivity index (χ4v) is 2.17. The second-order valence-electron chi connectivity index (χ2n) is 4.80. The molecule has 116 valence electrons. The van der Waals surface area contributed by atoms with Crippen molar-refractivity contribution in [3.05, 3.63) is 64.9 Å². The lowest BCUT2D eigenvalue weighted by atomic mass is 10.1. The van der Waals surface area contributed by atoms with Crippen molar-refractivity contribution < 1.29 is 13.9 Å². The molecule has 0 radical (unpaired) electrons. The molecule has 0 aliphatic heterocycles. The van der Waals surface area contributed by atoms with E-state index in [0.717, 1.165) is 18.9 Å². The first-order valence-electron chi connectivity index (χ1n) is 7.03. The Labute approximate surface area is 134 Å². The van der Waals surface area contributed by atoms with E-state index in [9.17, 15) is 9.18 Å². The van der Waals surface area contributed by atoms with Gasteiger partial charge in [-0.1, -0.05) is 41.9 Å². The predicted octanol–water partition coefficient (Wildman–Crippen LogP) is 3.61. The van der Waals surface area contributed by atoms with Crippen LogP contribution in [0.15, 0.2) is 48.5 Å². The third-order valence-electron chi connectivity index (χ3n) is 3.06. The summed E-state index contributed by atoms with van der Waals surface area (Å²) in [7, 11) is 0. The fraction of sp³-hybridized carbons (Fsp3) is 0.235.